The van der Waals surface area contributed by atoms with E-state index in [0.29, 0.717) is 12.3 Å². The first-order valence-corrected chi connectivity index (χ1v) is 6.55. The summed E-state index contributed by atoms with van der Waals surface area (Å²) in [5, 5.41) is 3.21. The lowest BCUT2D eigenvalue weighted by Gasteiger charge is -2.27. The topological polar surface area (TPSA) is 34.1 Å². The molecular weight excluding hydrogens is 281 g/mol. The van der Waals surface area contributed by atoms with Crippen molar-refractivity contribution >= 4 is 5.69 Å². The van der Waals surface area contributed by atoms with Gasteiger partial charge in [-0.1, -0.05) is 18.2 Å². The number of fused-ring (bicyclic) bond motifs is 1. The van der Waals surface area contributed by atoms with Crippen LogP contribution in [-0.4, -0.2) is 11.6 Å². The summed E-state index contributed by atoms with van der Waals surface area (Å²) in [5.41, 5.74) is 0.675. The van der Waals surface area contributed by atoms with Gasteiger partial charge in [0, 0.05) is 12.0 Å². The Morgan fingerprint density at radius 3 is 2.67 bits per heavy atom. The second-order valence-electron chi connectivity index (χ2n) is 4.80. The van der Waals surface area contributed by atoms with E-state index in [9.17, 15) is 13.2 Å². The predicted molar refractivity (Wildman–Crippen MR) is 72.2 cm³/mol. The molecule has 1 aromatic carbocycles. The van der Waals surface area contributed by atoms with E-state index >= 15 is 0 Å². The molecule has 1 aliphatic heterocycles. The molecule has 2 aromatic rings. The summed E-state index contributed by atoms with van der Waals surface area (Å²) in [6.07, 6.45) is -2.46. The van der Waals surface area contributed by atoms with Gasteiger partial charge in [0.15, 0.2) is 0 Å². The molecule has 0 bridgehead atoms. The van der Waals surface area contributed by atoms with E-state index < -0.39 is 11.9 Å². The van der Waals surface area contributed by atoms with Crippen molar-refractivity contribution in [1.29, 1.82) is 0 Å². The van der Waals surface area contributed by atoms with Crippen LogP contribution in [0.2, 0.25) is 0 Å². The Hall–Kier alpha value is -2.24. The maximum absolute atomic E-state index is 12.5. The number of halogens is 3. The Labute approximate surface area is 119 Å². The Morgan fingerprint density at radius 2 is 1.95 bits per heavy atom. The summed E-state index contributed by atoms with van der Waals surface area (Å²) >= 11 is 0. The summed E-state index contributed by atoms with van der Waals surface area (Å²) in [7, 11) is 0. The molecule has 1 unspecified atom stereocenters. The van der Waals surface area contributed by atoms with Gasteiger partial charge in [0.05, 0.1) is 24.5 Å². The van der Waals surface area contributed by atoms with Gasteiger partial charge in [-0.25, -0.2) is 4.98 Å². The van der Waals surface area contributed by atoms with Gasteiger partial charge in [-0.15, -0.1) is 0 Å². The minimum Gasteiger partial charge on any atom is -0.493 e. The van der Waals surface area contributed by atoms with Gasteiger partial charge < -0.3 is 10.1 Å². The average molecular weight is 294 g/mol. The average Bonchev–Trinajstić information content (AvgIpc) is 2.47. The Morgan fingerprint density at radius 1 is 1.14 bits per heavy atom. The van der Waals surface area contributed by atoms with Crippen LogP contribution in [0.1, 0.15) is 23.7 Å². The lowest BCUT2D eigenvalue weighted by Crippen LogP contribution is -2.20. The second-order valence-corrected chi connectivity index (χ2v) is 4.80. The number of alkyl halides is 3. The molecule has 0 saturated carbocycles. The molecule has 0 fully saturated rings. The highest BCUT2D eigenvalue weighted by Gasteiger charge is 2.32. The number of nitrogens with one attached hydrogen (secondary N) is 1. The van der Waals surface area contributed by atoms with Crippen LogP contribution in [0, 0.1) is 0 Å². The van der Waals surface area contributed by atoms with Crippen LogP contribution in [0.15, 0.2) is 42.6 Å². The monoisotopic (exact) mass is 294 g/mol. The number of anilines is 1. The molecule has 0 spiro atoms. The fourth-order valence-electron chi connectivity index (χ4n) is 2.34. The van der Waals surface area contributed by atoms with Gasteiger partial charge in [-0.2, -0.15) is 13.2 Å². The van der Waals surface area contributed by atoms with Crippen molar-refractivity contribution in [2.24, 2.45) is 0 Å². The molecule has 0 amide bonds. The number of nitrogens with zero attached hydrogens (tertiary/aromatic N) is 1. The molecule has 1 aliphatic rings. The fraction of sp³-hybridized carbons (Fsp3) is 0.267. The molecule has 6 heteroatoms. The molecule has 0 aliphatic carbocycles. The number of pyridine rings is 1. The van der Waals surface area contributed by atoms with Crippen molar-refractivity contribution in [3.05, 3.63) is 53.9 Å². The molecule has 1 N–H and O–H groups in total. The molecule has 1 atom stereocenters. The van der Waals surface area contributed by atoms with Gasteiger partial charge in [0.25, 0.3) is 0 Å². The number of aromatic nitrogens is 1. The third-order valence-electron chi connectivity index (χ3n) is 3.35. The van der Waals surface area contributed by atoms with Gasteiger partial charge in [0.1, 0.15) is 11.4 Å². The number of hydrogen-bond acceptors (Lipinski definition) is 3. The van der Waals surface area contributed by atoms with E-state index in [4.69, 9.17) is 4.74 Å². The van der Waals surface area contributed by atoms with Crippen molar-refractivity contribution in [3.63, 3.8) is 0 Å². The molecule has 3 nitrogen and oxygen atoms in total. The zero-order chi connectivity index (χ0) is 14.9. The van der Waals surface area contributed by atoms with Crippen LogP contribution in [0.5, 0.6) is 5.75 Å². The van der Waals surface area contributed by atoms with E-state index in [0.717, 1.165) is 23.8 Å². The van der Waals surface area contributed by atoms with E-state index in [1.807, 2.05) is 24.3 Å². The summed E-state index contributed by atoms with van der Waals surface area (Å²) in [4.78, 5) is 3.45. The van der Waals surface area contributed by atoms with Crippen molar-refractivity contribution in [3.8, 4) is 5.75 Å². The fourth-order valence-corrected chi connectivity index (χ4v) is 2.34. The van der Waals surface area contributed by atoms with Crippen LogP contribution in [0.4, 0.5) is 18.9 Å². The molecule has 0 saturated heterocycles. The smallest absolute Gasteiger partial charge is 0.433 e. The zero-order valence-corrected chi connectivity index (χ0v) is 11.0. The predicted octanol–water partition coefficient (Wildman–Crippen LogP) is 4.04. The van der Waals surface area contributed by atoms with Crippen LogP contribution >= 0.6 is 0 Å². The Balaban J connectivity index is 1.79. The quantitative estimate of drug-likeness (QED) is 0.907. The summed E-state index contributed by atoms with van der Waals surface area (Å²) in [6.45, 7) is 0.572. The third kappa shape index (κ3) is 2.94. The van der Waals surface area contributed by atoms with Crippen LogP contribution < -0.4 is 10.1 Å². The molecule has 1 aromatic heterocycles. The highest BCUT2D eigenvalue weighted by Crippen LogP contribution is 2.34. The van der Waals surface area contributed by atoms with Crippen LogP contribution in [0.3, 0.4) is 0 Å². The van der Waals surface area contributed by atoms with Crippen LogP contribution in [-0.2, 0) is 6.18 Å². The molecule has 0 radical (unpaired) electrons. The summed E-state index contributed by atoms with van der Waals surface area (Å²) < 4.78 is 43.0. The van der Waals surface area contributed by atoms with E-state index in [2.05, 4.69) is 10.3 Å². The van der Waals surface area contributed by atoms with Crippen LogP contribution in [0.25, 0.3) is 0 Å². The standard InChI is InChI=1S/C15H13F3N2O/c16-15(17,18)14-6-5-10(9-19-14)20-12-7-8-21-13-4-2-1-3-11(12)13/h1-6,9,12,20H,7-8H2. The second kappa shape index (κ2) is 5.27. The highest BCUT2D eigenvalue weighted by molar-refractivity contribution is 5.47. The minimum absolute atomic E-state index is 0.00786. The lowest BCUT2D eigenvalue weighted by atomic mass is 10.0. The molecule has 110 valence electrons. The van der Waals surface area contributed by atoms with Gasteiger partial charge >= 0.3 is 6.18 Å². The van der Waals surface area contributed by atoms with Gasteiger partial charge in [-0.05, 0) is 18.2 Å². The van der Waals surface area contributed by atoms with Crippen molar-refractivity contribution in [1.82, 2.24) is 4.98 Å². The lowest BCUT2D eigenvalue weighted by molar-refractivity contribution is -0.141. The first kappa shape index (κ1) is 13.7. The number of benzene rings is 1. The van der Waals surface area contributed by atoms with E-state index in [1.165, 1.54) is 12.3 Å². The van der Waals surface area contributed by atoms with Gasteiger partial charge in [0.2, 0.25) is 0 Å². The first-order chi connectivity index (χ1) is 10.0. The van der Waals surface area contributed by atoms with E-state index in [1.54, 1.807) is 0 Å². The minimum atomic E-state index is -4.41. The van der Waals surface area contributed by atoms with Crippen molar-refractivity contribution in [2.45, 2.75) is 18.6 Å². The molecule has 3 rings (SSSR count). The number of hydrogen-bond donors (Lipinski definition) is 1. The summed E-state index contributed by atoms with van der Waals surface area (Å²) in [6, 6.07) is 10.0. The Bertz CT molecular complexity index is 626. The third-order valence-corrected chi connectivity index (χ3v) is 3.35. The van der Waals surface area contributed by atoms with E-state index in [-0.39, 0.29) is 6.04 Å². The number of para-hydroxylation sites is 1. The normalized spacial score (nSPS) is 17.8. The maximum atomic E-state index is 12.5. The largest absolute Gasteiger partial charge is 0.493 e. The first-order valence-electron chi connectivity index (χ1n) is 6.55. The molecule has 21 heavy (non-hydrogen) atoms. The number of rotatable bonds is 2. The molecular formula is C15H13F3N2O. The summed E-state index contributed by atoms with van der Waals surface area (Å²) in [5.74, 6) is 0.807. The Kier molecular flexibility index (Phi) is 3.45. The zero-order valence-electron chi connectivity index (χ0n) is 11.0. The molecule has 2 heterocycles. The van der Waals surface area contributed by atoms with Crippen molar-refractivity contribution in [2.75, 3.05) is 11.9 Å². The SMILES string of the molecule is FC(F)(F)c1ccc(NC2CCOc3ccccc32)cn1. The van der Waals surface area contributed by atoms with Crippen molar-refractivity contribution < 1.29 is 17.9 Å². The maximum Gasteiger partial charge on any atom is 0.433 e. The highest BCUT2D eigenvalue weighted by atomic mass is 19.4. The number of ether oxygens (including phenoxy) is 1. The van der Waals surface area contributed by atoms with Gasteiger partial charge in [-0.3, -0.25) is 0 Å².